The molecule has 5 heteroatoms. The van der Waals surface area contributed by atoms with E-state index in [1.165, 1.54) is 0 Å². The molecule has 2 heterocycles. The van der Waals surface area contributed by atoms with Crippen LogP contribution in [-0.2, 0) is 16.0 Å². The van der Waals surface area contributed by atoms with E-state index >= 15 is 0 Å². The first kappa shape index (κ1) is 14.0. The zero-order valence-corrected chi connectivity index (χ0v) is 12.6. The lowest BCUT2D eigenvalue weighted by Crippen LogP contribution is -2.42. The van der Waals surface area contributed by atoms with Gasteiger partial charge in [0.05, 0.1) is 25.5 Å². The fourth-order valence-electron chi connectivity index (χ4n) is 3.22. The maximum Gasteiger partial charge on any atom is 0.208 e. The van der Waals surface area contributed by atoms with Gasteiger partial charge in [0.15, 0.2) is 5.79 Å². The Balaban J connectivity index is 1.54. The van der Waals surface area contributed by atoms with Crippen LogP contribution in [0.25, 0.3) is 0 Å². The molecule has 1 aromatic rings. The molecule has 1 aliphatic heterocycles. The normalized spacial score (nSPS) is 23.0. The Hall–Kier alpha value is -0.910. The average molecular weight is 280 g/mol. The van der Waals surface area contributed by atoms with Crippen molar-refractivity contribution >= 4 is 0 Å². The number of rotatable bonds is 3. The van der Waals surface area contributed by atoms with Gasteiger partial charge in [0, 0.05) is 18.9 Å². The average Bonchev–Trinajstić information content (AvgIpc) is 2.99. The van der Waals surface area contributed by atoms with Crippen LogP contribution in [0.4, 0.5) is 0 Å². The van der Waals surface area contributed by atoms with Crippen LogP contribution in [0.15, 0.2) is 4.42 Å². The van der Waals surface area contributed by atoms with Crippen LogP contribution < -0.4 is 0 Å². The van der Waals surface area contributed by atoms with E-state index in [9.17, 15) is 0 Å². The first-order valence-electron chi connectivity index (χ1n) is 7.49. The van der Waals surface area contributed by atoms with Gasteiger partial charge in [-0.15, -0.1) is 0 Å². The van der Waals surface area contributed by atoms with E-state index in [-0.39, 0.29) is 5.79 Å². The van der Waals surface area contributed by atoms with Gasteiger partial charge in [-0.2, -0.15) is 0 Å². The van der Waals surface area contributed by atoms with Crippen molar-refractivity contribution in [2.45, 2.75) is 57.9 Å². The summed E-state index contributed by atoms with van der Waals surface area (Å²) >= 11 is 0. The SMILES string of the molecule is Cc1nc(CN(C)C2CCC3(CC2)OCCO3)oc1C. The number of aryl methyl sites for hydroxylation is 2. The second-order valence-corrected chi connectivity index (χ2v) is 6.00. The summed E-state index contributed by atoms with van der Waals surface area (Å²) in [7, 11) is 2.15. The lowest BCUT2D eigenvalue weighted by atomic mass is 9.89. The number of hydrogen-bond donors (Lipinski definition) is 0. The molecular formula is C15H24N2O3. The highest BCUT2D eigenvalue weighted by atomic mass is 16.7. The predicted octanol–water partition coefficient (Wildman–Crippen LogP) is 2.41. The van der Waals surface area contributed by atoms with Gasteiger partial charge in [0.25, 0.3) is 0 Å². The topological polar surface area (TPSA) is 47.7 Å². The van der Waals surface area contributed by atoms with E-state index in [1.807, 2.05) is 13.8 Å². The van der Waals surface area contributed by atoms with Crippen LogP contribution in [-0.4, -0.2) is 42.0 Å². The molecule has 1 saturated heterocycles. The Morgan fingerprint density at radius 3 is 2.40 bits per heavy atom. The number of oxazole rings is 1. The molecule has 0 radical (unpaired) electrons. The number of nitrogens with zero attached hydrogens (tertiary/aromatic N) is 2. The van der Waals surface area contributed by atoms with Crippen LogP contribution >= 0.6 is 0 Å². The molecule has 2 aliphatic rings. The highest BCUT2D eigenvalue weighted by Gasteiger charge is 2.41. The molecule has 2 fully saturated rings. The molecule has 1 aromatic heterocycles. The van der Waals surface area contributed by atoms with Gasteiger partial charge >= 0.3 is 0 Å². The first-order valence-corrected chi connectivity index (χ1v) is 7.49. The van der Waals surface area contributed by atoms with E-state index in [0.29, 0.717) is 6.04 Å². The van der Waals surface area contributed by atoms with Crippen molar-refractivity contribution in [1.29, 1.82) is 0 Å². The van der Waals surface area contributed by atoms with Gasteiger partial charge in [-0.25, -0.2) is 4.98 Å². The summed E-state index contributed by atoms with van der Waals surface area (Å²) in [5.74, 6) is 1.47. The number of ether oxygens (including phenoxy) is 2. The molecule has 5 nitrogen and oxygen atoms in total. The monoisotopic (exact) mass is 280 g/mol. The Labute approximate surface area is 120 Å². The molecule has 0 N–H and O–H groups in total. The molecule has 1 spiro atoms. The second-order valence-electron chi connectivity index (χ2n) is 6.00. The van der Waals surface area contributed by atoms with Crippen molar-refractivity contribution in [2.75, 3.05) is 20.3 Å². The van der Waals surface area contributed by atoms with Crippen LogP contribution in [0.3, 0.4) is 0 Å². The minimum Gasteiger partial charge on any atom is -0.444 e. The van der Waals surface area contributed by atoms with Crippen molar-refractivity contribution in [3.63, 3.8) is 0 Å². The largest absolute Gasteiger partial charge is 0.444 e. The molecule has 0 bridgehead atoms. The van der Waals surface area contributed by atoms with Gasteiger partial charge in [0.2, 0.25) is 5.89 Å². The van der Waals surface area contributed by atoms with Crippen LogP contribution in [0.1, 0.15) is 43.0 Å². The van der Waals surface area contributed by atoms with Crippen LogP contribution in [0, 0.1) is 13.8 Å². The highest BCUT2D eigenvalue weighted by molar-refractivity contribution is 5.05. The summed E-state index contributed by atoms with van der Waals surface area (Å²) in [5, 5.41) is 0. The molecule has 1 aliphatic carbocycles. The molecule has 3 rings (SSSR count). The standard InChI is InChI=1S/C15H24N2O3/c1-11-12(2)20-14(16-11)10-17(3)13-4-6-15(7-5-13)18-8-9-19-15/h13H,4-10H2,1-3H3. The smallest absolute Gasteiger partial charge is 0.208 e. The van der Waals surface area contributed by atoms with E-state index < -0.39 is 0 Å². The minimum absolute atomic E-state index is 0.270. The molecule has 1 saturated carbocycles. The number of hydrogen-bond acceptors (Lipinski definition) is 5. The molecule has 20 heavy (non-hydrogen) atoms. The van der Waals surface area contributed by atoms with Crippen molar-refractivity contribution in [1.82, 2.24) is 9.88 Å². The third-order valence-corrected chi connectivity index (χ3v) is 4.61. The Kier molecular flexibility index (Phi) is 3.84. The van der Waals surface area contributed by atoms with Gasteiger partial charge in [-0.05, 0) is 33.7 Å². The molecule has 0 amide bonds. The summed E-state index contributed by atoms with van der Waals surface area (Å²) in [6.45, 7) is 6.21. The fourth-order valence-corrected chi connectivity index (χ4v) is 3.22. The fraction of sp³-hybridized carbons (Fsp3) is 0.800. The Bertz CT molecular complexity index is 436. The first-order chi connectivity index (χ1) is 9.58. The van der Waals surface area contributed by atoms with Crippen molar-refractivity contribution in [3.05, 3.63) is 17.3 Å². The molecule has 112 valence electrons. The van der Waals surface area contributed by atoms with Gasteiger partial charge in [-0.1, -0.05) is 0 Å². The zero-order chi connectivity index (χ0) is 14.2. The zero-order valence-electron chi connectivity index (χ0n) is 12.6. The third-order valence-electron chi connectivity index (χ3n) is 4.61. The summed E-state index contributed by atoms with van der Waals surface area (Å²) < 4.78 is 17.2. The van der Waals surface area contributed by atoms with E-state index in [2.05, 4.69) is 16.9 Å². The summed E-state index contributed by atoms with van der Waals surface area (Å²) in [6, 6.07) is 0.556. The molecular weight excluding hydrogens is 256 g/mol. The van der Waals surface area contributed by atoms with Crippen molar-refractivity contribution in [2.24, 2.45) is 0 Å². The number of aromatic nitrogens is 1. The lowest BCUT2D eigenvalue weighted by molar-refractivity contribution is -0.183. The highest BCUT2D eigenvalue weighted by Crippen LogP contribution is 2.37. The predicted molar refractivity (Wildman–Crippen MR) is 74.3 cm³/mol. The van der Waals surface area contributed by atoms with Crippen LogP contribution in [0.2, 0.25) is 0 Å². The second kappa shape index (κ2) is 5.47. The van der Waals surface area contributed by atoms with Gasteiger partial charge < -0.3 is 13.9 Å². The minimum atomic E-state index is -0.270. The van der Waals surface area contributed by atoms with E-state index in [1.54, 1.807) is 0 Å². The molecule has 0 aromatic carbocycles. The third kappa shape index (κ3) is 2.75. The Morgan fingerprint density at radius 2 is 1.85 bits per heavy atom. The van der Waals surface area contributed by atoms with E-state index in [4.69, 9.17) is 13.9 Å². The lowest BCUT2D eigenvalue weighted by Gasteiger charge is -2.38. The van der Waals surface area contributed by atoms with Crippen LogP contribution in [0.5, 0.6) is 0 Å². The summed E-state index contributed by atoms with van der Waals surface area (Å²) in [5.41, 5.74) is 0.990. The van der Waals surface area contributed by atoms with Crippen molar-refractivity contribution < 1.29 is 13.9 Å². The maximum atomic E-state index is 5.78. The Morgan fingerprint density at radius 1 is 1.20 bits per heavy atom. The summed E-state index contributed by atoms with van der Waals surface area (Å²) in [4.78, 5) is 6.80. The molecule has 0 unspecified atom stereocenters. The van der Waals surface area contributed by atoms with Crippen molar-refractivity contribution in [3.8, 4) is 0 Å². The maximum absolute atomic E-state index is 5.78. The molecule has 0 atom stereocenters. The van der Waals surface area contributed by atoms with E-state index in [0.717, 1.165) is 62.8 Å². The quantitative estimate of drug-likeness (QED) is 0.851. The summed E-state index contributed by atoms with van der Waals surface area (Å²) in [6.07, 6.45) is 4.20. The van der Waals surface area contributed by atoms with Gasteiger partial charge in [0.1, 0.15) is 5.76 Å². The van der Waals surface area contributed by atoms with Gasteiger partial charge in [-0.3, -0.25) is 4.90 Å².